The van der Waals surface area contributed by atoms with Crippen LogP contribution in [0.2, 0.25) is 0 Å². The zero-order chi connectivity index (χ0) is 19.4. The van der Waals surface area contributed by atoms with E-state index in [0.717, 1.165) is 18.4 Å². The number of amides is 1. The van der Waals surface area contributed by atoms with E-state index in [2.05, 4.69) is 9.84 Å². The predicted molar refractivity (Wildman–Crippen MR) is 88.8 cm³/mol. The van der Waals surface area contributed by atoms with Crippen LogP contribution >= 0.6 is 31.0 Å². The molecule has 0 unspecified atom stereocenters. The summed E-state index contributed by atoms with van der Waals surface area (Å²) in [4.78, 5) is 28.0. The molecule has 0 aliphatic rings. The van der Waals surface area contributed by atoms with Gasteiger partial charge in [0.15, 0.2) is 14.7 Å². The van der Waals surface area contributed by atoms with Crippen molar-refractivity contribution in [2.24, 2.45) is 0 Å². The van der Waals surface area contributed by atoms with Crippen molar-refractivity contribution < 1.29 is 36.5 Å². The molecule has 0 fully saturated rings. The Morgan fingerprint density at radius 2 is 1.84 bits per heavy atom. The number of phosphoric ester groups is 1. The van der Waals surface area contributed by atoms with Gasteiger partial charge in [-0.3, -0.25) is 9.32 Å². The minimum Gasteiger partial charge on any atom is -0.345 e. The number of carbonyl (C=O) groups is 1. The van der Waals surface area contributed by atoms with Crippen molar-refractivity contribution in [1.29, 1.82) is 0 Å². The Morgan fingerprint density at radius 3 is 2.20 bits per heavy atom. The first-order valence-corrected chi connectivity index (χ1v) is 10.8. The summed E-state index contributed by atoms with van der Waals surface area (Å²) < 4.78 is 52.0. The van der Waals surface area contributed by atoms with Crippen LogP contribution in [0.1, 0.15) is 11.7 Å². The molecule has 1 aromatic carbocycles. The summed E-state index contributed by atoms with van der Waals surface area (Å²) in [5, 5.41) is 2.07. The number of benzene rings is 1. The number of halogens is 3. The maximum absolute atomic E-state index is 13.3. The monoisotopic (exact) mass is 437 g/mol. The van der Waals surface area contributed by atoms with Gasteiger partial charge in [0.25, 0.3) is 5.91 Å². The highest BCUT2D eigenvalue weighted by Crippen LogP contribution is 2.43. The molecule has 142 valence electrons. The molecule has 0 bridgehead atoms. The lowest BCUT2D eigenvalue weighted by atomic mass is 10.0. The van der Waals surface area contributed by atoms with Gasteiger partial charge in [0.2, 0.25) is 0 Å². The highest BCUT2D eigenvalue weighted by Gasteiger charge is 2.33. The largest absolute Gasteiger partial charge is 0.470 e. The van der Waals surface area contributed by atoms with E-state index < -0.39 is 47.2 Å². The van der Waals surface area contributed by atoms with Crippen LogP contribution in [0, 0.1) is 0 Å². The van der Waals surface area contributed by atoms with Crippen LogP contribution in [0.15, 0.2) is 29.2 Å². The van der Waals surface area contributed by atoms with Crippen LogP contribution in [-0.2, 0) is 23.7 Å². The fourth-order valence-electron chi connectivity index (χ4n) is 1.86. The molecular weight excluding hydrogens is 423 g/mol. The van der Waals surface area contributed by atoms with Crippen LogP contribution in [-0.4, -0.2) is 47.9 Å². The minimum absolute atomic E-state index is 0.0272. The van der Waals surface area contributed by atoms with Gasteiger partial charge in [-0.05, 0) is 17.7 Å². The van der Waals surface area contributed by atoms with Crippen LogP contribution in [0.5, 0.6) is 0 Å². The SMILES string of the molecule is CS(=O)(=O)c1ccc([C@@H](OP(=O)(O)O)[C@@H](CF)NC(=O)C(Cl)Cl)cc1. The number of alkyl halides is 3. The Morgan fingerprint density at radius 1 is 1.32 bits per heavy atom. The molecular formula is C12H15Cl2FNO7PS. The zero-order valence-electron chi connectivity index (χ0n) is 12.7. The molecule has 0 aromatic heterocycles. The Kier molecular flexibility index (Phi) is 7.82. The van der Waals surface area contributed by atoms with E-state index in [1.54, 1.807) is 0 Å². The maximum atomic E-state index is 13.3. The molecule has 0 saturated heterocycles. The van der Waals surface area contributed by atoms with E-state index in [1.807, 2.05) is 0 Å². The second kappa shape index (κ2) is 8.77. The smallest absolute Gasteiger partial charge is 0.345 e. The van der Waals surface area contributed by atoms with Gasteiger partial charge in [0.05, 0.1) is 10.9 Å². The van der Waals surface area contributed by atoms with Gasteiger partial charge in [-0.2, -0.15) is 0 Å². The van der Waals surface area contributed by atoms with Crippen molar-refractivity contribution in [3.8, 4) is 0 Å². The molecule has 0 radical (unpaired) electrons. The standard InChI is InChI=1S/C12H15Cl2FNO7PS/c1-25(21,22)8-4-2-7(3-5-8)10(23-24(18,19)20)9(6-15)16-12(17)11(13)14/h2-5,9-11H,6H2,1H3,(H,16,17)(H2,18,19,20)/t9-,10-/m1/s1. The third-order valence-corrected chi connectivity index (χ3v) is 4.97. The summed E-state index contributed by atoms with van der Waals surface area (Å²) in [6.45, 7) is -1.26. The molecule has 25 heavy (non-hydrogen) atoms. The molecule has 0 aliphatic carbocycles. The summed E-state index contributed by atoms with van der Waals surface area (Å²) in [6, 6.07) is 3.16. The quantitative estimate of drug-likeness (QED) is 0.414. The number of phosphoric acid groups is 1. The Labute approximate surface area is 153 Å². The van der Waals surface area contributed by atoms with Crippen LogP contribution < -0.4 is 5.32 Å². The van der Waals surface area contributed by atoms with E-state index in [0.29, 0.717) is 0 Å². The summed E-state index contributed by atoms with van der Waals surface area (Å²) in [6.07, 6.45) is -0.646. The third kappa shape index (κ3) is 7.18. The molecule has 0 saturated carbocycles. The Bertz CT molecular complexity index is 753. The predicted octanol–water partition coefficient (Wildman–Crippen LogP) is 1.50. The van der Waals surface area contributed by atoms with Gasteiger partial charge in [-0.15, -0.1) is 0 Å². The number of rotatable bonds is 8. The molecule has 13 heteroatoms. The molecule has 3 N–H and O–H groups in total. The molecule has 0 spiro atoms. The highest BCUT2D eigenvalue weighted by molar-refractivity contribution is 7.90. The first-order valence-electron chi connectivity index (χ1n) is 6.53. The number of hydrogen-bond donors (Lipinski definition) is 3. The average Bonchev–Trinajstić information content (AvgIpc) is 2.48. The van der Waals surface area contributed by atoms with Gasteiger partial charge < -0.3 is 15.1 Å². The number of carbonyl (C=O) groups excluding carboxylic acids is 1. The molecule has 8 nitrogen and oxygen atoms in total. The van der Waals surface area contributed by atoms with Crippen molar-refractivity contribution in [2.45, 2.75) is 21.9 Å². The van der Waals surface area contributed by atoms with Crippen molar-refractivity contribution in [3.63, 3.8) is 0 Å². The first kappa shape index (κ1) is 22.3. The van der Waals surface area contributed by atoms with E-state index in [9.17, 15) is 22.2 Å². The lowest BCUT2D eigenvalue weighted by molar-refractivity contribution is -0.121. The van der Waals surface area contributed by atoms with Crippen LogP contribution in [0.4, 0.5) is 4.39 Å². The summed E-state index contributed by atoms with van der Waals surface area (Å²) in [5.74, 6) is -0.988. The Balaban J connectivity index is 3.23. The lowest BCUT2D eigenvalue weighted by Crippen LogP contribution is -2.43. The van der Waals surface area contributed by atoms with Crippen molar-refractivity contribution in [3.05, 3.63) is 29.8 Å². The summed E-state index contributed by atoms with van der Waals surface area (Å²) in [7, 11) is -8.58. The van der Waals surface area contributed by atoms with E-state index >= 15 is 0 Å². The molecule has 1 amide bonds. The van der Waals surface area contributed by atoms with Crippen molar-refractivity contribution >= 4 is 46.8 Å². The number of hydrogen-bond acceptors (Lipinski definition) is 5. The van der Waals surface area contributed by atoms with Gasteiger partial charge in [-0.25, -0.2) is 17.4 Å². The summed E-state index contributed by atoms with van der Waals surface area (Å²) in [5.41, 5.74) is 0.0272. The zero-order valence-corrected chi connectivity index (χ0v) is 15.9. The topological polar surface area (TPSA) is 130 Å². The average molecular weight is 438 g/mol. The summed E-state index contributed by atoms with van der Waals surface area (Å²) >= 11 is 10.7. The second-order valence-corrected chi connectivity index (χ2v) is 9.23. The van der Waals surface area contributed by atoms with Crippen molar-refractivity contribution in [2.75, 3.05) is 12.9 Å². The molecule has 0 aliphatic heterocycles. The van der Waals surface area contributed by atoms with Crippen LogP contribution in [0.25, 0.3) is 0 Å². The normalized spacial score (nSPS) is 15.0. The third-order valence-electron chi connectivity index (χ3n) is 2.95. The lowest BCUT2D eigenvalue weighted by Gasteiger charge is -2.27. The van der Waals surface area contributed by atoms with E-state index in [1.165, 1.54) is 12.1 Å². The molecule has 0 heterocycles. The molecule has 2 atom stereocenters. The maximum Gasteiger partial charge on any atom is 0.470 e. The van der Waals surface area contributed by atoms with E-state index in [4.69, 9.17) is 33.0 Å². The van der Waals surface area contributed by atoms with Gasteiger partial charge in [-0.1, -0.05) is 35.3 Å². The fourth-order valence-corrected chi connectivity index (χ4v) is 3.18. The van der Waals surface area contributed by atoms with Crippen LogP contribution in [0.3, 0.4) is 0 Å². The van der Waals surface area contributed by atoms with Gasteiger partial charge in [0, 0.05) is 6.26 Å². The highest BCUT2D eigenvalue weighted by atomic mass is 35.5. The minimum atomic E-state index is -5.07. The Hall–Kier alpha value is -0.740. The molecule has 1 rings (SSSR count). The molecule has 1 aromatic rings. The second-order valence-electron chi connectivity index (χ2n) is 4.93. The van der Waals surface area contributed by atoms with Gasteiger partial charge >= 0.3 is 7.82 Å². The fraction of sp³-hybridized carbons (Fsp3) is 0.417. The first-order chi connectivity index (χ1) is 11.3. The van der Waals surface area contributed by atoms with Crippen molar-refractivity contribution in [1.82, 2.24) is 5.32 Å². The number of sulfone groups is 1. The number of nitrogens with one attached hydrogen (secondary N) is 1. The van der Waals surface area contributed by atoms with E-state index in [-0.39, 0.29) is 10.5 Å². The van der Waals surface area contributed by atoms with Gasteiger partial charge in [0.1, 0.15) is 12.8 Å².